The van der Waals surface area contributed by atoms with Crippen molar-refractivity contribution in [3.05, 3.63) is 33.6 Å². The van der Waals surface area contributed by atoms with Crippen molar-refractivity contribution in [2.75, 3.05) is 13.1 Å². The number of thiophene rings is 1. The van der Waals surface area contributed by atoms with Gasteiger partial charge in [-0.05, 0) is 37.8 Å². The summed E-state index contributed by atoms with van der Waals surface area (Å²) in [5.74, 6) is 2.12. The topological polar surface area (TPSA) is 75.3 Å². The lowest BCUT2D eigenvalue weighted by Crippen LogP contribution is -2.38. The number of aryl methyl sites for hydroxylation is 2. The van der Waals surface area contributed by atoms with Gasteiger partial charge in [-0.15, -0.1) is 35.3 Å². The van der Waals surface area contributed by atoms with Gasteiger partial charge in [0.15, 0.2) is 11.8 Å². The van der Waals surface area contributed by atoms with Gasteiger partial charge in [0.1, 0.15) is 0 Å². The van der Waals surface area contributed by atoms with E-state index in [2.05, 4.69) is 51.1 Å². The van der Waals surface area contributed by atoms with Gasteiger partial charge in [-0.25, -0.2) is 4.99 Å². The number of nitrogens with zero attached hydrogens (tertiary/aromatic N) is 3. The summed E-state index contributed by atoms with van der Waals surface area (Å²) in [5.41, 5.74) is 1.29. The first kappa shape index (κ1) is 18.9. The summed E-state index contributed by atoms with van der Waals surface area (Å²) in [6, 6.07) is 2.12. The smallest absolute Gasteiger partial charge is 0.228 e. The molecule has 2 aromatic rings. The second kappa shape index (κ2) is 9.78. The Morgan fingerprint density at radius 3 is 2.77 bits per heavy atom. The normalized spacial score (nSPS) is 11.1. The van der Waals surface area contributed by atoms with Crippen molar-refractivity contribution < 1.29 is 4.52 Å². The van der Waals surface area contributed by atoms with Crippen molar-refractivity contribution in [1.29, 1.82) is 0 Å². The van der Waals surface area contributed by atoms with Crippen molar-refractivity contribution in [3.8, 4) is 0 Å². The highest BCUT2D eigenvalue weighted by molar-refractivity contribution is 14.0. The highest BCUT2D eigenvalue weighted by atomic mass is 127. The summed E-state index contributed by atoms with van der Waals surface area (Å²) in [6.07, 6.45) is 0.684. The maximum absolute atomic E-state index is 5.08. The van der Waals surface area contributed by atoms with Crippen LogP contribution in [-0.4, -0.2) is 29.2 Å². The van der Waals surface area contributed by atoms with E-state index in [9.17, 15) is 0 Å². The molecule has 0 unspecified atom stereocenters. The Morgan fingerprint density at radius 2 is 2.18 bits per heavy atom. The number of hydrogen-bond donors (Lipinski definition) is 2. The number of aromatic nitrogens is 2. The first-order valence-electron chi connectivity index (χ1n) is 7.03. The highest BCUT2D eigenvalue weighted by Crippen LogP contribution is 2.16. The molecule has 2 rings (SSSR count). The highest BCUT2D eigenvalue weighted by Gasteiger charge is 2.04. The van der Waals surface area contributed by atoms with Crippen LogP contribution >= 0.6 is 35.3 Å². The van der Waals surface area contributed by atoms with Crippen LogP contribution < -0.4 is 10.6 Å². The molecule has 0 fully saturated rings. The van der Waals surface area contributed by atoms with Crippen LogP contribution in [0.2, 0.25) is 0 Å². The molecular weight excluding hydrogens is 413 g/mol. The number of rotatable bonds is 6. The van der Waals surface area contributed by atoms with Crippen LogP contribution in [0.1, 0.15) is 29.1 Å². The third kappa shape index (κ3) is 5.91. The number of hydrogen-bond acceptors (Lipinski definition) is 5. The molecule has 0 aliphatic carbocycles. The molecule has 0 amide bonds. The van der Waals surface area contributed by atoms with Crippen molar-refractivity contribution >= 4 is 41.3 Å². The fourth-order valence-corrected chi connectivity index (χ4v) is 2.62. The number of halogens is 1. The van der Waals surface area contributed by atoms with Gasteiger partial charge in [-0.3, -0.25) is 0 Å². The Labute approximate surface area is 151 Å². The van der Waals surface area contributed by atoms with Gasteiger partial charge >= 0.3 is 0 Å². The molecule has 0 aliphatic heterocycles. The summed E-state index contributed by atoms with van der Waals surface area (Å²) in [6.45, 7) is 8.20. The SMILES string of the molecule is CCNC(=NCc1sccc1C)NCCc1nc(C)no1.I. The molecule has 0 radical (unpaired) electrons. The fourth-order valence-electron chi connectivity index (χ4n) is 1.79. The Hall–Kier alpha value is -1.16. The summed E-state index contributed by atoms with van der Waals surface area (Å²) in [7, 11) is 0. The van der Waals surface area contributed by atoms with E-state index in [1.165, 1.54) is 10.4 Å². The average molecular weight is 435 g/mol. The summed E-state index contributed by atoms with van der Waals surface area (Å²) in [5, 5.41) is 12.4. The minimum absolute atomic E-state index is 0. The van der Waals surface area contributed by atoms with Crippen LogP contribution in [0.25, 0.3) is 0 Å². The molecule has 22 heavy (non-hydrogen) atoms. The van der Waals surface area contributed by atoms with E-state index in [4.69, 9.17) is 4.52 Å². The Kier molecular flexibility index (Phi) is 8.39. The lowest BCUT2D eigenvalue weighted by Gasteiger charge is -2.10. The predicted octanol–water partition coefficient (Wildman–Crippen LogP) is 2.66. The molecule has 8 heteroatoms. The van der Waals surface area contributed by atoms with E-state index in [0.717, 1.165) is 12.5 Å². The molecule has 2 N–H and O–H groups in total. The third-order valence-corrected chi connectivity index (χ3v) is 3.90. The van der Waals surface area contributed by atoms with E-state index < -0.39 is 0 Å². The molecule has 0 aromatic carbocycles. The Bertz CT molecular complexity index is 596. The molecule has 0 saturated heterocycles. The van der Waals surface area contributed by atoms with Gasteiger partial charge < -0.3 is 15.2 Å². The minimum Gasteiger partial charge on any atom is -0.357 e. The Morgan fingerprint density at radius 1 is 1.36 bits per heavy atom. The lowest BCUT2D eigenvalue weighted by molar-refractivity contribution is 0.374. The largest absolute Gasteiger partial charge is 0.357 e. The molecular formula is C14H22IN5OS. The summed E-state index contributed by atoms with van der Waals surface area (Å²) >= 11 is 1.74. The lowest BCUT2D eigenvalue weighted by atomic mass is 10.3. The van der Waals surface area contributed by atoms with E-state index >= 15 is 0 Å². The van der Waals surface area contributed by atoms with E-state index in [1.54, 1.807) is 11.3 Å². The average Bonchev–Trinajstić information content (AvgIpc) is 3.05. The molecule has 0 bridgehead atoms. The monoisotopic (exact) mass is 435 g/mol. The zero-order valence-corrected chi connectivity index (χ0v) is 16.2. The Balaban J connectivity index is 0.00000242. The number of nitrogens with one attached hydrogen (secondary N) is 2. The standard InChI is InChI=1S/C14H21N5OS.HI/c1-4-15-14(17-9-12-10(2)6-8-21-12)16-7-5-13-18-11(3)19-20-13;/h6,8H,4-5,7,9H2,1-3H3,(H2,15,16,17);1H. The fraction of sp³-hybridized carbons (Fsp3) is 0.500. The van der Waals surface area contributed by atoms with Crippen molar-refractivity contribution in [2.24, 2.45) is 4.99 Å². The molecule has 6 nitrogen and oxygen atoms in total. The second-order valence-corrected chi connectivity index (χ2v) is 5.63. The molecule has 122 valence electrons. The van der Waals surface area contributed by atoms with Gasteiger partial charge in [0.25, 0.3) is 0 Å². The van der Waals surface area contributed by atoms with Crippen molar-refractivity contribution in [1.82, 2.24) is 20.8 Å². The predicted molar refractivity (Wildman–Crippen MR) is 100 cm³/mol. The summed E-state index contributed by atoms with van der Waals surface area (Å²) < 4.78 is 5.08. The molecule has 2 heterocycles. The van der Waals surface area contributed by atoms with Crippen LogP contribution in [0.15, 0.2) is 21.0 Å². The molecule has 2 aromatic heterocycles. The zero-order chi connectivity index (χ0) is 15.1. The first-order valence-corrected chi connectivity index (χ1v) is 7.91. The molecule has 0 atom stereocenters. The van der Waals surface area contributed by atoms with Crippen molar-refractivity contribution in [3.63, 3.8) is 0 Å². The van der Waals surface area contributed by atoms with Crippen LogP contribution in [0, 0.1) is 13.8 Å². The maximum atomic E-state index is 5.08. The van der Waals surface area contributed by atoms with Gasteiger partial charge in [0.05, 0.1) is 6.54 Å². The van der Waals surface area contributed by atoms with Gasteiger partial charge in [0.2, 0.25) is 5.89 Å². The van der Waals surface area contributed by atoms with E-state index in [1.807, 2.05) is 6.92 Å². The van der Waals surface area contributed by atoms with Crippen LogP contribution in [-0.2, 0) is 13.0 Å². The van der Waals surface area contributed by atoms with Crippen molar-refractivity contribution in [2.45, 2.75) is 33.7 Å². The molecule has 0 saturated carbocycles. The molecule has 0 aliphatic rings. The van der Waals surface area contributed by atoms with E-state index in [-0.39, 0.29) is 24.0 Å². The summed E-state index contributed by atoms with van der Waals surface area (Å²) in [4.78, 5) is 10.1. The van der Waals surface area contributed by atoms with Gasteiger partial charge in [0, 0.05) is 24.4 Å². The van der Waals surface area contributed by atoms with Gasteiger partial charge in [-0.1, -0.05) is 5.16 Å². The van der Waals surface area contributed by atoms with Crippen LogP contribution in [0.5, 0.6) is 0 Å². The number of guanidine groups is 1. The third-order valence-electron chi connectivity index (χ3n) is 2.89. The molecule has 0 spiro atoms. The second-order valence-electron chi connectivity index (χ2n) is 4.63. The number of aliphatic imine (C=N–C) groups is 1. The first-order chi connectivity index (χ1) is 10.2. The van der Waals surface area contributed by atoms with Crippen LogP contribution in [0.4, 0.5) is 0 Å². The van der Waals surface area contributed by atoms with E-state index in [0.29, 0.717) is 31.2 Å². The quantitative estimate of drug-likeness (QED) is 0.415. The maximum Gasteiger partial charge on any atom is 0.228 e. The minimum atomic E-state index is 0. The zero-order valence-electron chi connectivity index (χ0n) is 13.0. The van der Waals surface area contributed by atoms with Crippen LogP contribution in [0.3, 0.4) is 0 Å². The van der Waals surface area contributed by atoms with Gasteiger partial charge in [-0.2, -0.15) is 4.98 Å².